The maximum Gasteiger partial charge on any atom is 0.227 e. The third kappa shape index (κ3) is 5.56. The molecule has 3 fully saturated rings. The minimum Gasteiger partial charge on any atom is -0.390 e. The van der Waals surface area contributed by atoms with E-state index in [9.17, 15) is 17.9 Å². The van der Waals surface area contributed by atoms with Gasteiger partial charge in [0.05, 0.1) is 23.7 Å². The number of nitrogens with one attached hydrogen (secondary N) is 2. The highest BCUT2D eigenvalue weighted by atomic mass is 32.2. The Hall–Kier alpha value is -3.09. The molecule has 0 bridgehead atoms. The van der Waals surface area contributed by atoms with Crippen molar-refractivity contribution in [3.05, 3.63) is 42.2 Å². The third-order valence-corrected chi connectivity index (χ3v) is 10.9. The Kier molecular flexibility index (Phi) is 7.27. The number of aliphatic hydroxyl groups is 1. The molecule has 220 valence electrons. The normalized spacial score (nSPS) is 24.0. The number of benzene rings is 1. The van der Waals surface area contributed by atoms with Gasteiger partial charge in [-0.2, -0.15) is 4.98 Å². The zero-order valence-electron chi connectivity index (χ0n) is 23.7. The highest BCUT2D eigenvalue weighted by molar-refractivity contribution is 7.92. The Bertz CT molecular complexity index is 1540. The molecule has 2 aromatic heterocycles. The summed E-state index contributed by atoms with van der Waals surface area (Å²) in [5, 5.41) is 18.2. The number of alkyl halides is 1. The zero-order valence-corrected chi connectivity index (χ0v) is 24.5. The molecule has 2 atom stereocenters. The Morgan fingerprint density at radius 1 is 1.15 bits per heavy atom. The van der Waals surface area contributed by atoms with Gasteiger partial charge < -0.3 is 25.5 Å². The van der Waals surface area contributed by atoms with Gasteiger partial charge in [0.25, 0.3) is 0 Å². The van der Waals surface area contributed by atoms with E-state index < -0.39 is 21.6 Å². The standard InChI is InChI=1S/C29H38FN7O3S/c1-18(2)21-4-5-24(37-14-19(15-37)16-41(39,40)20-11-31-12-20)23-13-33-27(10-22(21)23)34-26-6-8-32-28(35-26)36-9-7-25(38)29(3,30)17-36/h4-6,8,10,13,18-20,25,31,38H,7,9,11-12,14-17H2,1-3H3,(H,32,33,34,35)/t25-,29+/m1/s1. The lowest BCUT2D eigenvalue weighted by Crippen LogP contribution is -2.56. The van der Waals surface area contributed by atoms with E-state index in [4.69, 9.17) is 4.98 Å². The number of aromatic nitrogens is 3. The van der Waals surface area contributed by atoms with Gasteiger partial charge in [-0.15, -0.1) is 0 Å². The Labute approximate surface area is 240 Å². The van der Waals surface area contributed by atoms with Gasteiger partial charge in [0.1, 0.15) is 11.6 Å². The summed E-state index contributed by atoms with van der Waals surface area (Å²) < 4.78 is 40.0. The summed E-state index contributed by atoms with van der Waals surface area (Å²) in [6.07, 6.45) is 2.81. The lowest BCUT2D eigenvalue weighted by molar-refractivity contribution is -0.00860. The molecule has 1 aromatic carbocycles. The molecule has 0 unspecified atom stereocenters. The quantitative estimate of drug-likeness (QED) is 0.365. The van der Waals surface area contributed by atoms with Crippen LogP contribution in [-0.4, -0.2) is 90.5 Å². The number of fused-ring (bicyclic) bond motifs is 1. The monoisotopic (exact) mass is 583 g/mol. The Morgan fingerprint density at radius 2 is 1.93 bits per heavy atom. The van der Waals surface area contributed by atoms with Crippen LogP contribution in [0.3, 0.4) is 0 Å². The van der Waals surface area contributed by atoms with Gasteiger partial charge in [-0.3, -0.25) is 0 Å². The van der Waals surface area contributed by atoms with Crippen LogP contribution < -0.4 is 20.4 Å². The second-order valence-electron chi connectivity index (χ2n) is 12.2. The largest absolute Gasteiger partial charge is 0.390 e. The first-order chi connectivity index (χ1) is 19.5. The molecular formula is C29H38FN7O3S. The molecule has 41 heavy (non-hydrogen) atoms. The van der Waals surface area contributed by atoms with E-state index in [2.05, 4.69) is 51.5 Å². The number of pyridine rings is 1. The second-order valence-corrected chi connectivity index (χ2v) is 14.5. The van der Waals surface area contributed by atoms with E-state index in [0.717, 1.165) is 16.5 Å². The van der Waals surface area contributed by atoms with Crippen molar-refractivity contribution in [3.8, 4) is 0 Å². The lowest BCUT2D eigenvalue weighted by Gasteiger charge is -2.42. The van der Waals surface area contributed by atoms with Crippen LogP contribution in [0.4, 0.5) is 27.7 Å². The van der Waals surface area contributed by atoms with Crippen LogP contribution in [0.1, 0.15) is 38.7 Å². The van der Waals surface area contributed by atoms with Crippen molar-refractivity contribution >= 4 is 43.9 Å². The minimum absolute atomic E-state index is 0.0213. The summed E-state index contributed by atoms with van der Waals surface area (Å²) in [6, 6.07) is 8.04. The van der Waals surface area contributed by atoms with Crippen LogP contribution in [0.15, 0.2) is 36.7 Å². The Morgan fingerprint density at radius 3 is 2.61 bits per heavy atom. The first-order valence-electron chi connectivity index (χ1n) is 14.3. The number of anilines is 4. The topological polar surface area (TPSA) is 124 Å². The number of rotatable bonds is 8. The highest BCUT2D eigenvalue weighted by Gasteiger charge is 2.40. The van der Waals surface area contributed by atoms with Crippen molar-refractivity contribution in [2.24, 2.45) is 5.92 Å². The van der Waals surface area contributed by atoms with Gasteiger partial charge in [0.15, 0.2) is 15.5 Å². The summed E-state index contributed by atoms with van der Waals surface area (Å²) in [6.45, 7) is 8.78. The van der Waals surface area contributed by atoms with Crippen molar-refractivity contribution in [1.29, 1.82) is 0 Å². The molecule has 10 nitrogen and oxygen atoms in total. The molecule has 5 heterocycles. The van der Waals surface area contributed by atoms with Crippen LogP contribution in [0.25, 0.3) is 10.8 Å². The number of nitrogens with zero attached hydrogens (tertiary/aromatic N) is 5. The van der Waals surface area contributed by atoms with E-state index in [1.54, 1.807) is 17.2 Å². The predicted molar refractivity (Wildman–Crippen MR) is 160 cm³/mol. The van der Waals surface area contributed by atoms with Crippen molar-refractivity contribution in [2.45, 2.75) is 50.1 Å². The summed E-state index contributed by atoms with van der Waals surface area (Å²) in [5.74, 6) is 2.26. The van der Waals surface area contributed by atoms with Crippen molar-refractivity contribution in [2.75, 3.05) is 60.1 Å². The molecule has 3 aromatic rings. The maximum atomic E-state index is 14.8. The molecule has 12 heteroatoms. The van der Waals surface area contributed by atoms with Crippen molar-refractivity contribution in [1.82, 2.24) is 20.3 Å². The van der Waals surface area contributed by atoms with Crippen LogP contribution in [0.5, 0.6) is 0 Å². The smallest absolute Gasteiger partial charge is 0.227 e. The molecule has 0 saturated carbocycles. The van der Waals surface area contributed by atoms with E-state index in [0.29, 0.717) is 62.6 Å². The average molecular weight is 584 g/mol. The number of halogens is 1. The number of piperidine rings is 1. The SMILES string of the molecule is CC(C)c1ccc(N2CC(CS(=O)(=O)C3CNC3)C2)c2cnc(Nc3ccnc(N4CC[C@@H](O)[C@@](C)(F)C4)n3)cc12. The highest BCUT2D eigenvalue weighted by Crippen LogP contribution is 2.37. The summed E-state index contributed by atoms with van der Waals surface area (Å²) in [4.78, 5) is 17.6. The van der Waals surface area contributed by atoms with Gasteiger partial charge in [-0.05, 0) is 48.4 Å². The fourth-order valence-electron chi connectivity index (χ4n) is 5.96. The van der Waals surface area contributed by atoms with E-state index in [1.807, 2.05) is 12.3 Å². The van der Waals surface area contributed by atoms with Gasteiger partial charge in [-0.25, -0.2) is 22.8 Å². The third-order valence-electron chi connectivity index (χ3n) is 8.60. The number of aliphatic hydroxyl groups excluding tert-OH is 1. The van der Waals surface area contributed by atoms with Gasteiger partial charge >= 0.3 is 0 Å². The first-order valence-corrected chi connectivity index (χ1v) is 16.0. The lowest BCUT2D eigenvalue weighted by atomic mass is 9.93. The predicted octanol–water partition coefficient (Wildman–Crippen LogP) is 3.01. The zero-order chi connectivity index (χ0) is 28.9. The van der Waals surface area contributed by atoms with E-state index in [1.165, 1.54) is 12.5 Å². The van der Waals surface area contributed by atoms with E-state index in [-0.39, 0.29) is 23.5 Å². The number of hydrogen-bond donors (Lipinski definition) is 3. The summed E-state index contributed by atoms with van der Waals surface area (Å²) >= 11 is 0. The number of hydrogen-bond acceptors (Lipinski definition) is 10. The van der Waals surface area contributed by atoms with Gasteiger partial charge in [0.2, 0.25) is 5.95 Å². The molecule has 3 saturated heterocycles. The Balaban J connectivity index is 1.21. The maximum absolute atomic E-state index is 14.8. The van der Waals surface area contributed by atoms with Gasteiger partial charge in [-0.1, -0.05) is 19.9 Å². The fraction of sp³-hybridized carbons (Fsp3) is 0.552. The van der Waals surface area contributed by atoms with Gasteiger partial charge in [0, 0.05) is 62.1 Å². The molecule has 3 aliphatic heterocycles. The molecule has 0 aliphatic carbocycles. The van der Waals surface area contributed by atoms with Crippen LogP contribution >= 0.6 is 0 Å². The van der Waals surface area contributed by atoms with Crippen LogP contribution in [0.2, 0.25) is 0 Å². The molecular weight excluding hydrogens is 545 g/mol. The molecule has 6 rings (SSSR count). The molecule has 0 spiro atoms. The second kappa shape index (κ2) is 10.6. The first kappa shape index (κ1) is 28.0. The fourth-order valence-corrected chi connectivity index (χ4v) is 7.84. The summed E-state index contributed by atoms with van der Waals surface area (Å²) in [7, 11) is -3.06. The molecule has 3 aliphatic rings. The number of sulfone groups is 1. The molecule has 3 N–H and O–H groups in total. The molecule has 0 amide bonds. The van der Waals surface area contributed by atoms with E-state index >= 15 is 0 Å². The average Bonchev–Trinajstić information content (AvgIpc) is 2.85. The minimum atomic E-state index is -3.06. The molecule has 0 radical (unpaired) electrons. The van der Waals surface area contributed by atoms with Crippen molar-refractivity contribution < 1.29 is 17.9 Å². The van der Waals surface area contributed by atoms with Crippen LogP contribution in [-0.2, 0) is 9.84 Å². The van der Waals surface area contributed by atoms with Crippen molar-refractivity contribution in [3.63, 3.8) is 0 Å². The summed E-state index contributed by atoms with van der Waals surface area (Å²) in [5.41, 5.74) is 0.534. The van der Waals surface area contributed by atoms with Crippen LogP contribution in [0, 0.1) is 5.92 Å².